The SMILES string of the molecule is CN1CCCC1c1cccnc1.CN1CCCC1c1cccnc1.[H+]. The van der Waals surface area contributed by atoms with Crippen molar-refractivity contribution < 1.29 is 1.43 Å². The van der Waals surface area contributed by atoms with Crippen LogP contribution in [0.3, 0.4) is 0 Å². The maximum atomic E-state index is 4.14. The third-order valence-corrected chi connectivity index (χ3v) is 5.18. The van der Waals surface area contributed by atoms with E-state index in [9.17, 15) is 0 Å². The molecule has 0 amide bonds. The number of pyridine rings is 2. The normalized spacial score (nSPS) is 24.6. The van der Waals surface area contributed by atoms with E-state index in [-0.39, 0.29) is 1.43 Å². The summed E-state index contributed by atoms with van der Waals surface area (Å²) in [5.74, 6) is 0. The second-order valence-corrected chi connectivity index (χ2v) is 6.85. The summed E-state index contributed by atoms with van der Waals surface area (Å²) in [6.45, 7) is 2.44. The van der Waals surface area contributed by atoms with Crippen molar-refractivity contribution in [3.63, 3.8) is 0 Å². The van der Waals surface area contributed by atoms with Gasteiger partial charge in [-0.3, -0.25) is 19.8 Å². The van der Waals surface area contributed by atoms with Gasteiger partial charge in [0, 0.05) is 36.9 Å². The molecule has 0 aliphatic carbocycles. The van der Waals surface area contributed by atoms with E-state index in [0.29, 0.717) is 12.1 Å². The lowest BCUT2D eigenvalue weighted by Crippen LogP contribution is -2.17. The van der Waals surface area contributed by atoms with E-state index in [2.05, 4.69) is 46.0 Å². The zero-order valence-electron chi connectivity index (χ0n) is 15.8. The molecule has 2 atom stereocenters. The van der Waals surface area contributed by atoms with Gasteiger partial charge in [-0.05, 0) is 76.1 Å². The Morgan fingerprint density at radius 1 is 0.833 bits per heavy atom. The topological polar surface area (TPSA) is 32.3 Å². The summed E-state index contributed by atoms with van der Waals surface area (Å²) < 4.78 is 0. The van der Waals surface area contributed by atoms with Gasteiger partial charge in [0.2, 0.25) is 0 Å². The number of likely N-dealkylation sites (tertiary alicyclic amines) is 2. The van der Waals surface area contributed by atoms with E-state index < -0.39 is 0 Å². The Kier molecular flexibility index (Phi) is 5.94. The first kappa shape index (κ1) is 17.1. The Balaban J connectivity index is 0.000000173. The quantitative estimate of drug-likeness (QED) is 0.840. The average Bonchev–Trinajstić information content (AvgIpc) is 3.25. The second kappa shape index (κ2) is 8.36. The zero-order chi connectivity index (χ0) is 16.8. The summed E-state index contributed by atoms with van der Waals surface area (Å²) in [4.78, 5) is 13.1. The van der Waals surface area contributed by atoms with Crippen LogP contribution in [0.5, 0.6) is 0 Å². The fourth-order valence-corrected chi connectivity index (χ4v) is 3.81. The molecule has 0 aromatic carbocycles. The number of aromatic nitrogens is 2. The lowest BCUT2D eigenvalue weighted by Gasteiger charge is -2.18. The van der Waals surface area contributed by atoms with Crippen LogP contribution >= 0.6 is 0 Å². The van der Waals surface area contributed by atoms with Gasteiger partial charge >= 0.3 is 1.43 Å². The van der Waals surface area contributed by atoms with Gasteiger partial charge in [0.05, 0.1) is 0 Å². The molecule has 0 N–H and O–H groups in total. The van der Waals surface area contributed by atoms with Gasteiger partial charge < -0.3 is 0 Å². The first-order valence-electron chi connectivity index (χ1n) is 8.96. The number of rotatable bonds is 2. The fraction of sp³-hybridized carbons (Fsp3) is 0.500. The minimum Gasteiger partial charge on any atom is -0.299 e. The fourth-order valence-electron chi connectivity index (χ4n) is 3.81. The monoisotopic (exact) mass is 325 g/mol. The maximum Gasteiger partial charge on any atom is 1.00 e. The first-order valence-corrected chi connectivity index (χ1v) is 8.96. The van der Waals surface area contributed by atoms with Crippen molar-refractivity contribution >= 4 is 0 Å². The summed E-state index contributed by atoms with van der Waals surface area (Å²) in [5.41, 5.74) is 2.72. The van der Waals surface area contributed by atoms with E-state index >= 15 is 0 Å². The van der Waals surface area contributed by atoms with Crippen molar-refractivity contribution in [1.82, 2.24) is 19.8 Å². The van der Waals surface area contributed by atoms with Crippen LogP contribution in [0.4, 0.5) is 0 Å². The number of nitrogens with zero attached hydrogens (tertiary/aromatic N) is 4. The van der Waals surface area contributed by atoms with E-state index in [1.165, 1.54) is 49.9 Å². The molecule has 2 aliphatic heterocycles. The molecule has 0 saturated carbocycles. The van der Waals surface area contributed by atoms with Crippen LogP contribution in [0.1, 0.15) is 50.3 Å². The van der Waals surface area contributed by atoms with Gasteiger partial charge in [-0.1, -0.05) is 12.1 Å². The Morgan fingerprint density at radius 3 is 1.58 bits per heavy atom. The Morgan fingerprint density at radius 2 is 1.29 bits per heavy atom. The summed E-state index contributed by atoms with van der Waals surface area (Å²) >= 11 is 0. The van der Waals surface area contributed by atoms with Crippen LogP contribution < -0.4 is 0 Å². The lowest BCUT2D eigenvalue weighted by molar-refractivity contribution is 0.317. The smallest absolute Gasteiger partial charge is 0.299 e. The average molecular weight is 325 g/mol. The summed E-state index contributed by atoms with van der Waals surface area (Å²) in [6.07, 6.45) is 12.8. The van der Waals surface area contributed by atoms with Crippen molar-refractivity contribution in [2.24, 2.45) is 0 Å². The van der Waals surface area contributed by atoms with Crippen molar-refractivity contribution in [2.45, 2.75) is 37.8 Å². The van der Waals surface area contributed by atoms with Gasteiger partial charge in [0.15, 0.2) is 0 Å². The minimum absolute atomic E-state index is 0. The van der Waals surface area contributed by atoms with Crippen molar-refractivity contribution in [3.8, 4) is 0 Å². The Bertz CT molecular complexity index is 552. The largest absolute Gasteiger partial charge is 1.00 e. The molecule has 2 aromatic rings. The highest BCUT2D eigenvalue weighted by Crippen LogP contribution is 2.30. The van der Waals surface area contributed by atoms with Crippen LogP contribution in [0, 0.1) is 0 Å². The maximum absolute atomic E-state index is 4.14. The predicted octanol–water partition coefficient (Wildman–Crippen LogP) is 3.81. The van der Waals surface area contributed by atoms with E-state index in [0.717, 1.165) is 0 Å². The van der Waals surface area contributed by atoms with Crippen molar-refractivity contribution in [2.75, 3.05) is 27.2 Å². The molecule has 2 aliphatic rings. The molecular formula is C20H29N4+. The van der Waals surface area contributed by atoms with Gasteiger partial charge in [-0.15, -0.1) is 0 Å². The molecule has 4 nitrogen and oxygen atoms in total. The molecule has 2 unspecified atom stereocenters. The van der Waals surface area contributed by atoms with Gasteiger partial charge in [-0.25, -0.2) is 0 Å². The molecule has 128 valence electrons. The first-order chi connectivity index (χ1) is 11.8. The van der Waals surface area contributed by atoms with Gasteiger partial charge in [-0.2, -0.15) is 0 Å². The van der Waals surface area contributed by atoms with Crippen LogP contribution in [-0.2, 0) is 0 Å². The Labute approximate surface area is 147 Å². The van der Waals surface area contributed by atoms with Crippen LogP contribution in [0.25, 0.3) is 0 Å². The molecule has 0 radical (unpaired) electrons. The van der Waals surface area contributed by atoms with Crippen molar-refractivity contribution in [3.05, 3.63) is 60.2 Å². The highest BCUT2D eigenvalue weighted by molar-refractivity contribution is 5.15. The molecule has 24 heavy (non-hydrogen) atoms. The molecule has 2 saturated heterocycles. The Hall–Kier alpha value is -1.78. The van der Waals surface area contributed by atoms with E-state index in [4.69, 9.17) is 0 Å². The number of hydrogen-bond donors (Lipinski definition) is 0. The minimum atomic E-state index is 0. The van der Waals surface area contributed by atoms with Gasteiger partial charge in [0.1, 0.15) is 0 Å². The second-order valence-electron chi connectivity index (χ2n) is 6.85. The van der Waals surface area contributed by atoms with Crippen LogP contribution in [-0.4, -0.2) is 47.0 Å². The molecule has 4 rings (SSSR count). The lowest BCUT2D eigenvalue weighted by atomic mass is 10.1. The summed E-state index contributed by atoms with van der Waals surface area (Å²) in [7, 11) is 4.37. The molecule has 4 heterocycles. The predicted molar refractivity (Wildman–Crippen MR) is 98.8 cm³/mol. The zero-order valence-corrected chi connectivity index (χ0v) is 14.8. The summed E-state index contributed by atoms with van der Waals surface area (Å²) in [5, 5.41) is 0. The molecule has 2 aromatic heterocycles. The van der Waals surface area contributed by atoms with Crippen molar-refractivity contribution in [1.29, 1.82) is 0 Å². The molecule has 4 heteroatoms. The number of hydrogen-bond acceptors (Lipinski definition) is 4. The van der Waals surface area contributed by atoms with Crippen LogP contribution in [0.15, 0.2) is 49.1 Å². The highest BCUT2D eigenvalue weighted by Gasteiger charge is 2.22. The third kappa shape index (κ3) is 4.19. The molecule has 2 fully saturated rings. The molecular weight excluding hydrogens is 296 g/mol. The molecule has 0 bridgehead atoms. The van der Waals surface area contributed by atoms with E-state index in [1.807, 2.05) is 36.9 Å². The summed E-state index contributed by atoms with van der Waals surface area (Å²) in [6, 6.07) is 9.58. The third-order valence-electron chi connectivity index (χ3n) is 5.18. The molecule has 0 spiro atoms. The van der Waals surface area contributed by atoms with E-state index in [1.54, 1.807) is 0 Å². The van der Waals surface area contributed by atoms with Crippen LogP contribution in [0.2, 0.25) is 0 Å². The standard InChI is InChI=1S/2C10H14N2/c2*1-12-7-3-5-10(12)9-4-2-6-11-8-9/h2*2,4,6,8,10H,3,5,7H2,1H3/p+1. The highest BCUT2D eigenvalue weighted by atomic mass is 15.1. The van der Waals surface area contributed by atoms with Gasteiger partial charge in [0.25, 0.3) is 0 Å².